The molecule has 108 valence electrons. The lowest BCUT2D eigenvalue weighted by Gasteiger charge is -2.29. The van der Waals surface area contributed by atoms with E-state index < -0.39 is 0 Å². The first-order chi connectivity index (χ1) is 10.0. The van der Waals surface area contributed by atoms with Gasteiger partial charge in [0.15, 0.2) is 0 Å². The van der Waals surface area contributed by atoms with E-state index in [0.717, 1.165) is 17.5 Å². The van der Waals surface area contributed by atoms with Crippen LogP contribution in [0.2, 0.25) is 0 Å². The van der Waals surface area contributed by atoms with Crippen molar-refractivity contribution in [2.75, 3.05) is 12.3 Å². The number of nitrogens with zero attached hydrogens (tertiary/aromatic N) is 1. The molecule has 3 N–H and O–H groups in total. The SMILES string of the molecule is Cc1ccc(N)c(C(=O)N2CCc3ccc(O)cc3C2)c1. The summed E-state index contributed by atoms with van der Waals surface area (Å²) in [7, 11) is 0. The highest BCUT2D eigenvalue weighted by Crippen LogP contribution is 2.25. The van der Waals surface area contributed by atoms with Crippen LogP contribution >= 0.6 is 0 Å². The molecule has 4 heteroatoms. The Labute approximate surface area is 123 Å². The molecule has 2 aromatic rings. The second kappa shape index (κ2) is 5.13. The minimum Gasteiger partial charge on any atom is -0.508 e. The van der Waals surface area contributed by atoms with Crippen molar-refractivity contribution in [1.82, 2.24) is 4.90 Å². The molecule has 0 unspecified atom stereocenters. The van der Waals surface area contributed by atoms with E-state index in [1.807, 2.05) is 25.1 Å². The van der Waals surface area contributed by atoms with Crippen molar-refractivity contribution < 1.29 is 9.90 Å². The van der Waals surface area contributed by atoms with Crippen LogP contribution in [0.3, 0.4) is 0 Å². The summed E-state index contributed by atoms with van der Waals surface area (Å²) in [5.74, 6) is 0.184. The van der Waals surface area contributed by atoms with Gasteiger partial charge in [-0.1, -0.05) is 17.7 Å². The Morgan fingerprint density at radius 1 is 1.19 bits per heavy atom. The third kappa shape index (κ3) is 2.57. The molecule has 0 atom stereocenters. The Bertz CT molecular complexity index is 710. The maximum absolute atomic E-state index is 12.7. The lowest BCUT2D eigenvalue weighted by Crippen LogP contribution is -2.36. The van der Waals surface area contributed by atoms with Crippen molar-refractivity contribution in [3.63, 3.8) is 0 Å². The van der Waals surface area contributed by atoms with E-state index >= 15 is 0 Å². The molecule has 0 fully saturated rings. The smallest absolute Gasteiger partial charge is 0.256 e. The Kier molecular flexibility index (Phi) is 3.29. The summed E-state index contributed by atoms with van der Waals surface area (Å²) in [5.41, 5.74) is 10.2. The van der Waals surface area contributed by atoms with Crippen LogP contribution in [0.1, 0.15) is 27.0 Å². The third-order valence-corrected chi connectivity index (χ3v) is 3.93. The number of hydrogen-bond donors (Lipinski definition) is 2. The molecule has 21 heavy (non-hydrogen) atoms. The number of aryl methyl sites for hydroxylation is 1. The Hall–Kier alpha value is -2.49. The van der Waals surface area contributed by atoms with E-state index in [2.05, 4.69) is 0 Å². The molecule has 1 aliphatic heterocycles. The number of phenols is 1. The predicted molar refractivity (Wildman–Crippen MR) is 82.1 cm³/mol. The van der Waals surface area contributed by atoms with Gasteiger partial charge < -0.3 is 15.7 Å². The van der Waals surface area contributed by atoms with Crippen LogP contribution in [0.25, 0.3) is 0 Å². The minimum absolute atomic E-state index is 0.0507. The first-order valence-corrected chi connectivity index (χ1v) is 7.01. The molecule has 3 rings (SSSR count). The van der Waals surface area contributed by atoms with Crippen molar-refractivity contribution in [2.24, 2.45) is 0 Å². The molecule has 0 saturated carbocycles. The summed E-state index contributed by atoms with van der Waals surface area (Å²) in [6.07, 6.45) is 0.799. The number of aromatic hydroxyl groups is 1. The molecule has 1 amide bonds. The number of benzene rings is 2. The fraction of sp³-hybridized carbons (Fsp3) is 0.235. The topological polar surface area (TPSA) is 66.6 Å². The average Bonchev–Trinajstić information content (AvgIpc) is 2.48. The molecular formula is C17H18N2O2. The van der Waals surface area contributed by atoms with Crippen molar-refractivity contribution in [1.29, 1.82) is 0 Å². The minimum atomic E-state index is -0.0507. The van der Waals surface area contributed by atoms with Gasteiger partial charge in [-0.25, -0.2) is 0 Å². The van der Waals surface area contributed by atoms with Gasteiger partial charge in [0.25, 0.3) is 5.91 Å². The first kappa shape index (κ1) is 13.5. The van der Waals surface area contributed by atoms with Gasteiger partial charge in [-0.15, -0.1) is 0 Å². The summed E-state index contributed by atoms with van der Waals surface area (Å²) in [6, 6.07) is 10.8. The standard InChI is InChI=1S/C17H18N2O2/c1-11-2-5-16(18)15(8-11)17(21)19-7-6-12-3-4-14(20)9-13(12)10-19/h2-5,8-9,20H,6-7,10,18H2,1H3. The summed E-state index contributed by atoms with van der Waals surface area (Å²) in [6.45, 7) is 3.12. The zero-order chi connectivity index (χ0) is 15.0. The lowest BCUT2D eigenvalue weighted by atomic mass is 9.98. The molecule has 4 nitrogen and oxygen atoms in total. The predicted octanol–water partition coefficient (Wildman–Crippen LogP) is 2.48. The molecule has 1 aliphatic rings. The number of nitrogens with two attached hydrogens (primary N) is 1. The van der Waals surface area contributed by atoms with Crippen molar-refractivity contribution >= 4 is 11.6 Å². The van der Waals surface area contributed by atoms with Gasteiger partial charge in [0.1, 0.15) is 5.75 Å². The van der Waals surface area contributed by atoms with Crippen LogP contribution in [0.5, 0.6) is 5.75 Å². The highest BCUT2D eigenvalue weighted by molar-refractivity contribution is 5.99. The number of anilines is 1. The number of carbonyl (C=O) groups is 1. The maximum atomic E-state index is 12.7. The van der Waals surface area contributed by atoms with E-state index in [4.69, 9.17) is 5.73 Å². The Balaban J connectivity index is 1.88. The molecule has 0 radical (unpaired) electrons. The van der Waals surface area contributed by atoms with Gasteiger partial charge >= 0.3 is 0 Å². The van der Waals surface area contributed by atoms with Crippen LogP contribution in [-0.4, -0.2) is 22.5 Å². The lowest BCUT2D eigenvalue weighted by molar-refractivity contribution is 0.0735. The third-order valence-electron chi connectivity index (χ3n) is 3.93. The maximum Gasteiger partial charge on any atom is 0.256 e. The summed E-state index contributed by atoms with van der Waals surface area (Å²) >= 11 is 0. The number of carbonyl (C=O) groups excluding carboxylic acids is 1. The number of phenolic OH excluding ortho intramolecular Hbond substituents is 1. The van der Waals surface area contributed by atoms with E-state index in [9.17, 15) is 9.90 Å². The van der Waals surface area contributed by atoms with Crippen molar-refractivity contribution in [2.45, 2.75) is 19.9 Å². The van der Waals surface area contributed by atoms with Gasteiger partial charge in [0, 0.05) is 18.8 Å². The number of amides is 1. The second-order valence-electron chi connectivity index (χ2n) is 5.52. The van der Waals surface area contributed by atoms with Crippen LogP contribution in [0, 0.1) is 6.92 Å². The van der Waals surface area contributed by atoms with Crippen LogP contribution in [-0.2, 0) is 13.0 Å². The molecule has 2 aromatic carbocycles. The van der Waals surface area contributed by atoms with E-state index in [0.29, 0.717) is 24.3 Å². The quantitative estimate of drug-likeness (QED) is 0.790. The summed E-state index contributed by atoms with van der Waals surface area (Å²) in [4.78, 5) is 14.4. The van der Waals surface area contributed by atoms with Gasteiger partial charge in [-0.05, 0) is 48.7 Å². The van der Waals surface area contributed by atoms with Crippen LogP contribution in [0.4, 0.5) is 5.69 Å². The second-order valence-corrected chi connectivity index (χ2v) is 5.52. The normalized spacial score (nSPS) is 13.9. The van der Waals surface area contributed by atoms with Crippen LogP contribution in [0.15, 0.2) is 36.4 Å². The highest BCUT2D eigenvalue weighted by Gasteiger charge is 2.23. The molecule has 0 aromatic heterocycles. The molecule has 0 aliphatic carbocycles. The molecule has 0 bridgehead atoms. The fourth-order valence-electron chi connectivity index (χ4n) is 2.74. The van der Waals surface area contributed by atoms with Crippen molar-refractivity contribution in [3.05, 3.63) is 58.7 Å². The monoisotopic (exact) mass is 282 g/mol. The number of nitrogen functional groups attached to an aromatic ring is 1. The van der Waals surface area contributed by atoms with E-state index in [-0.39, 0.29) is 11.7 Å². The summed E-state index contributed by atoms with van der Waals surface area (Å²) in [5, 5.41) is 9.59. The molecule has 0 saturated heterocycles. The molecule has 0 spiro atoms. The van der Waals surface area contributed by atoms with E-state index in [1.54, 1.807) is 23.1 Å². The highest BCUT2D eigenvalue weighted by atomic mass is 16.3. The van der Waals surface area contributed by atoms with Gasteiger partial charge in [0.05, 0.1) is 5.56 Å². The van der Waals surface area contributed by atoms with Gasteiger partial charge in [0.2, 0.25) is 0 Å². The Morgan fingerprint density at radius 3 is 2.81 bits per heavy atom. The van der Waals surface area contributed by atoms with E-state index in [1.165, 1.54) is 5.56 Å². The average molecular weight is 282 g/mol. The number of rotatable bonds is 1. The first-order valence-electron chi connectivity index (χ1n) is 7.01. The van der Waals surface area contributed by atoms with Crippen LogP contribution < -0.4 is 5.73 Å². The zero-order valence-corrected chi connectivity index (χ0v) is 12.0. The fourth-order valence-corrected chi connectivity index (χ4v) is 2.74. The van der Waals surface area contributed by atoms with Crippen molar-refractivity contribution in [3.8, 4) is 5.75 Å². The molecule has 1 heterocycles. The number of fused-ring (bicyclic) bond motifs is 1. The van der Waals surface area contributed by atoms with Gasteiger partial charge in [-0.2, -0.15) is 0 Å². The molecular weight excluding hydrogens is 264 g/mol. The number of hydrogen-bond acceptors (Lipinski definition) is 3. The zero-order valence-electron chi connectivity index (χ0n) is 12.0. The largest absolute Gasteiger partial charge is 0.508 e. The summed E-state index contributed by atoms with van der Waals surface area (Å²) < 4.78 is 0. The van der Waals surface area contributed by atoms with Gasteiger partial charge in [-0.3, -0.25) is 4.79 Å². The Morgan fingerprint density at radius 2 is 2.00 bits per heavy atom.